The summed E-state index contributed by atoms with van der Waals surface area (Å²) in [5, 5.41) is 0. The molecular weight excluding hydrogens is 461 g/mol. The van der Waals surface area contributed by atoms with Crippen molar-refractivity contribution in [1.29, 1.82) is 0 Å². The number of hydrogen-bond acceptors (Lipinski definition) is 0. The minimum atomic E-state index is -3.06. The molecule has 0 aromatic rings. The van der Waals surface area contributed by atoms with E-state index in [1.807, 2.05) is 27.7 Å². The molecule has 0 rings (SSSR count). The summed E-state index contributed by atoms with van der Waals surface area (Å²) in [6, 6.07) is 0. The molecule has 7 heteroatoms. The van der Waals surface area contributed by atoms with Gasteiger partial charge in [0.2, 0.25) is 0 Å². The SMILES string of the molecule is CC(C)C[NH-].CC(C)C[NH-].[Cl][Pt+2]([Cl])([Cl])[Cl]. The quantitative estimate of drug-likeness (QED) is 0.455. The molecule has 100 valence electrons. The van der Waals surface area contributed by atoms with Crippen LogP contribution in [0.2, 0.25) is 0 Å². The van der Waals surface area contributed by atoms with E-state index in [4.69, 9.17) is 49.1 Å². The molecule has 0 bridgehead atoms. The Bertz CT molecular complexity index is 104. The second-order valence-electron chi connectivity index (χ2n) is 3.47. The van der Waals surface area contributed by atoms with E-state index in [1.54, 1.807) is 0 Å². The van der Waals surface area contributed by atoms with Crippen molar-refractivity contribution in [2.75, 3.05) is 13.1 Å². The molecule has 0 heterocycles. The summed E-state index contributed by atoms with van der Waals surface area (Å²) in [4.78, 5) is 0. The van der Waals surface area contributed by atoms with E-state index in [1.165, 1.54) is 0 Å². The Kier molecular flexibility index (Phi) is 20.3. The molecule has 0 saturated carbocycles. The Morgan fingerprint density at radius 2 is 0.867 bits per heavy atom. The number of hydrogen-bond donors (Lipinski definition) is 0. The molecule has 2 nitrogen and oxygen atoms in total. The fourth-order valence-corrected chi connectivity index (χ4v) is 0. The molecule has 15 heavy (non-hydrogen) atoms. The van der Waals surface area contributed by atoms with Gasteiger partial charge >= 0.3 is 49.6 Å². The van der Waals surface area contributed by atoms with E-state index < -0.39 is 11.9 Å². The molecule has 0 aromatic heterocycles. The van der Waals surface area contributed by atoms with E-state index in [2.05, 4.69) is 0 Å². The van der Waals surface area contributed by atoms with Crippen molar-refractivity contribution in [1.82, 2.24) is 0 Å². The summed E-state index contributed by atoms with van der Waals surface area (Å²) >= 11 is -3.06. The average molecular weight is 481 g/mol. The van der Waals surface area contributed by atoms with Crippen LogP contribution in [-0.2, 0) is 11.9 Å². The second-order valence-corrected chi connectivity index (χ2v) is 23.2. The second kappa shape index (κ2) is 13.8. The monoisotopic (exact) mass is 479 g/mol. The van der Waals surface area contributed by atoms with Crippen LogP contribution in [-0.4, -0.2) is 13.1 Å². The van der Waals surface area contributed by atoms with Crippen LogP contribution in [0, 0.1) is 11.8 Å². The third kappa shape index (κ3) is 89.8. The van der Waals surface area contributed by atoms with Crippen LogP contribution in [0.15, 0.2) is 0 Å². The normalized spacial score (nSPS) is 11.5. The fourth-order valence-electron chi connectivity index (χ4n) is 0. The predicted octanol–water partition coefficient (Wildman–Crippen LogP) is 6.14. The van der Waals surface area contributed by atoms with Crippen molar-refractivity contribution in [3.63, 3.8) is 0 Å². The number of halogens is 4. The van der Waals surface area contributed by atoms with Gasteiger partial charge in [0.1, 0.15) is 0 Å². The Balaban J connectivity index is -0.000000144. The molecule has 0 aliphatic carbocycles. The average Bonchev–Trinajstić information content (AvgIpc) is 2.02. The van der Waals surface area contributed by atoms with Gasteiger partial charge in [0.25, 0.3) is 0 Å². The van der Waals surface area contributed by atoms with E-state index >= 15 is 0 Å². The van der Waals surface area contributed by atoms with Crippen molar-refractivity contribution in [3.05, 3.63) is 11.5 Å². The van der Waals surface area contributed by atoms with Gasteiger partial charge in [-0.2, -0.15) is 0 Å². The van der Waals surface area contributed by atoms with Crippen LogP contribution in [0.1, 0.15) is 27.7 Å². The van der Waals surface area contributed by atoms with E-state index in [0.29, 0.717) is 24.9 Å². The molecule has 0 amide bonds. The summed E-state index contributed by atoms with van der Waals surface area (Å²) in [5.41, 5.74) is 13.3. The van der Waals surface area contributed by atoms with E-state index in [-0.39, 0.29) is 0 Å². The third-order valence-corrected chi connectivity index (χ3v) is 0.816. The molecular formula is C8H20Cl4N2Pt. The van der Waals surface area contributed by atoms with Crippen LogP contribution >= 0.6 is 37.7 Å². The zero-order valence-electron chi connectivity index (χ0n) is 9.40. The van der Waals surface area contributed by atoms with Gasteiger partial charge in [0, 0.05) is 0 Å². The topological polar surface area (TPSA) is 47.6 Å². The molecule has 0 fully saturated rings. The molecule has 0 spiro atoms. The Hall–Kier alpha value is 1.77. The summed E-state index contributed by atoms with van der Waals surface area (Å²) < 4.78 is 0. The first-order chi connectivity index (χ1) is 6.54. The Morgan fingerprint density at radius 1 is 0.800 bits per heavy atom. The maximum absolute atomic E-state index is 6.66. The van der Waals surface area contributed by atoms with Gasteiger partial charge < -0.3 is 11.5 Å². The predicted molar refractivity (Wildman–Crippen MR) is 71.5 cm³/mol. The van der Waals surface area contributed by atoms with Crippen molar-refractivity contribution >= 4 is 37.7 Å². The van der Waals surface area contributed by atoms with Crippen molar-refractivity contribution in [3.8, 4) is 0 Å². The molecule has 0 unspecified atom stereocenters. The standard InChI is InChI=1S/2C4H10N.4ClH.Pt/c2*1-4(2)3-5;;;;;/h2*4-5H,3H2,1-2H3;4*1H;/q2*-1;;;;;+6/p-4. The first-order valence-electron chi connectivity index (χ1n) is 4.31. The summed E-state index contributed by atoms with van der Waals surface area (Å²) in [6.07, 6.45) is 0. The van der Waals surface area contributed by atoms with Gasteiger partial charge in [-0.1, -0.05) is 39.5 Å². The first-order valence-corrected chi connectivity index (χ1v) is 15.6. The van der Waals surface area contributed by atoms with Crippen LogP contribution < -0.4 is 0 Å². The van der Waals surface area contributed by atoms with Crippen LogP contribution in [0.3, 0.4) is 0 Å². The van der Waals surface area contributed by atoms with Gasteiger partial charge in [-0.25, -0.2) is 0 Å². The zero-order chi connectivity index (χ0) is 13.1. The number of rotatable bonds is 2. The van der Waals surface area contributed by atoms with Crippen molar-refractivity contribution in [2.45, 2.75) is 27.7 Å². The molecule has 0 atom stereocenters. The van der Waals surface area contributed by atoms with Gasteiger partial charge in [-0.15, -0.1) is 13.1 Å². The zero-order valence-corrected chi connectivity index (χ0v) is 14.7. The van der Waals surface area contributed by atoms with E-state index in [0.717, 1.165) is 0 Å². The van der Waals surface area contributed by atoms with Crippen LogP contribution in [0.25, 0.3) is 11.5 Å². The van der Waals surface area contributed by atoms with Crippen LogP contribution in [0.5, 0.6) is 0 Å². The first kappa shape index (κ1) is 22.0. The summed E-state index contributed by atoms with van der Waals surface area (Å²) in [5.74, 6) is 1.10. The van der Waals surface area contributed by atoms with Crippen molar-refractivity contribution in [2.24, 2.45) is 11.8 Å². The fraction of sp³-hybridized carbons (Fsp3) is 1.00. The Labute approximate surface area is 113 Å². The van der Waals surface area contributed by atoms with Crippen molar-refractivity contribution < 1.29 is 11.9 Å². The summed E-state index contributed by atoms with van der Waals surface area (Å²) in [7, 11) is 20.0. The molecule has 0 aliphatic rings. The molecule has 2 N–H and O–H groups in total. The van der Waals surface area contributed by atoms with Gasteiger partial charge in [-0.3, -0.25) is 0 Å². The third-order valence-electron chi connectivity index (χ3n) is 0.816. The van der Waals surface area contributed by atoms with Gasteiger partial charge in [0.05, 0.1) is 0 Å². The molecule has 0 aromatic carbocycles. The summed E-state index contributed by atoms with van der Waals surface area (Å²) in [6.45, 7) is 9.25. The minimum absolute atomic E-state index is 0.551. The van der Waals surface area contributed by atoms with E-state index in [9.17, 15) is 0 Å². The molecule has 0 aliphatic heterocycles. The van der Waals surface area contributed by atoms with Crippen LogP contribution in [0.4, 0.5) is 0 Å². The number of nitrogens with one attached hydrogen (secondary N) is 2. The van der Waals surface area contributed by atoms with Gasteiger partial charge in [0.15, 0.2) is 0 Å². The molecule has 0 radical (unpaired) electrons. The maximum atomic E-state index is 6.66. The Morgan fingerprint density at radius 3 is 0.867 bits per heavy atom. The molecule has 0 saturated heterocycles. The van der Waals surface area contributed by atoms with Gasteiger partial charge in [-0.05, 0) is 0 Å².